The Labute approximate surface area is 104 Å². The number of hydrogen-bond acceptors (Lipinski definition) is 1. The van der Waals surface area contributed by atoms with Gasteiger partial charge in [-0.25, -0.2) is 0 Å². The maximum atomic E-state index is 11.2. The van der Waals surface area contributed by atoms with Gasteiger partial charge in [0, 0.05) is 21.2 Å². The van der Waals surface area contributed by atoms with Gasteiger partial charge in [0.1, 0.15) is 0 Å². The fraction of sp³-hybridized carbons (Fsp3) is 0.222. The Bertz CT molecular complexity index is 344. The fourth-order valence-electron chi connectivity index (χ4n) is 0.892. The monoisotopic (exact) mass is 339 g/mol. The van der Waals surface area contributed by atoms with E-state index in [9.17, 15) is 4.79 Å². The van der Waals surface area contributed by atoms with Crippen molar-refractivity contribution in [1.82, 2.24) is 0 Å². The molecule has 0 bridgehead atoms. The largest absolute Gasteiger partial charge is 0.325 e. The van der Waals surface area contributed by atoms with Gasteiger partial charge in [-0.15, -0.1) is 11.6 Å². The van der Waals surface area contributed by atoms with Crippen LogP contribution >= 0.6 is 43.5 Å². The number of amides is 1. The van der Waals surface area contributed by atoms with Crippen LogP contribution in [0.1, 0.15) is 6.42 Å². The van der Waals surface area contributed by atoms with E-state index >= 15 is 0 Å². The van der Waals surface area contributed by atoms with Crippen molar-refractivity contribution in [3.63, 3.8) is 0 Å². The number of hydrogen-bond donors (Lipinski definition) is 1. The molecule has 76 valence electrons. The summed E-state index contributed by atoms with van der Waals surface area (Å²) in [6.07, 6.45) is 0.320. The van der Waals surface area contributed by atoms with E-state index in [0.717, 1.165) is 14.6 Å². The van der Waals surface area contributed by atoms with Crippen molar-refractivity contribution in [1.29, 1.82) is 0 Å². The first-order valence-corrected chi connectivity index (χ1v) is 6.06. The minimum atomic E-state index is -0.0844. The molecule has 2 nitrogen and oxygen atoms in total. The van der Waals surface area contributed by atoms with Gasteiger partial charge in [0.2, 0.25) is 5.91 Å². The molecule has 14 heavy (non-hydrogen) atoms. The first-order chi connectivity index (χ1) is 6.63. The van der Waals surface area contributed by atoms with Crippen molar-refractivity contribution in [2.75, 3.05) is 11.2 Å². The summed E-state index contributed by atoms with van der Waals surface area (Å²) in [4.78, 5) is 11.2. The van der Waals surface area contributed by atoms with Crippen LogP contribution in [0.15, 0.2) is 27.1 Å². The number of rotatable bonds is 3. The Hall–Kier alpha value is -0.0600. The van der Waals surface area contributed by atoms with Crippen LogP contribution in [0.5, 0.6) is 0 Å². The van der Waals surface area contributed by atoms with E-state index < -0.39 is 0 Å². The Kier molecular flexibility index (Phi) is 4.92. The first-order valence-electron chi connectivity index (χ1n) is 3.94. The zero-order valence-corrected chi connectivity index (χ0v) is 11.1. The molecule has 0 saturated carbocycles. The summed E-state index contributed by atoms with van der Waals surface area (Å²) >= 11 is 12.1. The van der Waals surface area contributed by atoms with Crippen molar-refractivity contribution >= 4 is 55.1 Å². The lowest BCUT2D eigenvalue weighted by Gasteiger charge is -2.06. The first kappa shape index (κ1) is 12.0. The highest BCUT2D eigenvalue weighted by molar-refractivity contribution is 9.11. The van der Waals surface area contributed by atoms with E-state index in [1.807, 2.05) is 18.2 Å². The van der Waals surface area contributed by atoms with Gasteiger partial charge in [-0.05, 0) is 34.1 Å². The van der Waals surface area contributed by atoms with Crippen LogP contribution in [0.2, 0.25) is 0 Å². The maximum absolute atomic E-state index is 11.2. The molecular weight excluding hydrogens is 333 g/mol. The lowest BCUT2D eigenvalue weighted by Crippen LogP contribution is -2.11. The molecule has 1 N–H and O–H groups in total. The van der Waals surface area contributed by atoms with E-state index in [4.69, 9.17) is 11.6 Å². The zero-order valence-electron chi connectivity index (χ0n) is 7.19. The number of carbonyl (C=O) groups excluding carboxylic acids is 1. The van der Waals surface area contributed by atoms with Gasteiger partial charge in [0.15, 0.2) is 0 Å². The molecule has 1 amide bonds. The fourth-order valence-corrected chi connectivity index (χ4v) is 1.77. The summed E-state index contributed by atoms with van der Waals surface area (Å²) in [5.74, 6) is 0.246. The molecule has 0 unspecified atom stereocenters. The van der Waals surface area contributed by atoms with E-state index in [-0.39, 0.29) is 5.91 Å². The van der Waals surface area contributed by atoms with E-state index in [2.05, 4.69) is 37.2 Å². The van der Waals surface area contributed by atoms with Crippen molar-refractivity contribution in [3.8, 4) is 0 Å². The summed E-state index contributed by atoms with van der Waals surface area (Å²) in [5, 5.41) is 2.75. The summed E-state index contributed by atoms with van der Waals surface area (Å²) in [7, 11) is 0. The molecule has 0 atom stereocenters. The predicted octanol–water partition coefficient (Wildman–Crippen LogP) is 3.78. The summed E-state index contributed by atoms with van der Waals surface area (Å²) in [6, 6.07) is 5.58. The standard InChI is InChI=1S/C9H8Br2ClNO/c10-6-1-2-7(11)8(5-6)13-9(14)3-4-12/h1-2,5H,3-4H2,(H,13,14). The minimum Gasteiger partial charge on any atom is -0.325 e. The molecule has 0 aromatic heterocycles. The molecule has 0 aliphatic heterocycles. The van der Waals surface area contributed by atoms with Gasteiger partial charge in [-0.1, -0.05) is 15.9 Å². The number of nitrogens with one attached hydrogen (secondary N) is 1. The Morgan fingerprint density at radius 1 is 1.43 bits per heavy atom. The lowest BCUT2D eigenvalue weighted by molar-refractivity contribution is -0.115. The molecule has 5 heteroatoms. The van der Waals surface area contributed by atoms with Crippen LogP contribution in [-0.4, -0.2) is 11.8 Å². The van der Waals surface area contributed by atoms with Gasteiger partial charge < -0.3 is 5.32 Å². The second-order valence-electron chi connectivity index (χ2n) is 2.61. The van der Waals surface area contributed by atoms with Crippen molar-refractivity contribution in [2.45, 2.75) is 6.42 Å². The number of benzene rings is 1. The molecule has 1 aromatic rings. The van der Waals surface area contributed by atoms with Gasteiger partial charge in [-0.2, -0.15) is 0 Å². The Balaban J connectivity index is 2.75. The second-order valence-corrected chi connectivity index (χ2v) is 4.76. The van der Waals surface area contributed by atoms with Gasteiger partial charge >= 0.3 is 0 Å². The maximum Gasteiger partial charge on any atom is 0.225 e. The number of alkyl halides is 1. The highest BCUT2D eigenvalue weighted by Gasteiger charge is 2.04. The van der Waals surface area contributed by atoms with Crippen LogP contribution in [0.3, 0.4) is 0 Å². The topological polar surface area (TPSA) is 29.1 Å². The van der Waals surface area contributed by atoms with Crippen LogP contribution in [0.4, 0.5) is 5.69 Å². The van der Waals surface area contributed by atoms with Crippen LogP contribution in [0, 0.1) is 0 Å². The highest BCUT2D eigenvalue weighted by Crippen LogP contribution is 2.26. The van der Waals surface area contributed by atoms with E-state index in [1.165, 1.54) is 0 Å². The molecule has 1 rings (SSSR count). The molecule has 1 aromatic carbocycles. The molecule has 0 heterocycles. The van der Waals surface area contributed by atoms with Crippen LogP contribution in [0.25, 0.3) is 0 Å². The SMILES string of the molecule is O=C(CCCl)Nc1cc(Br)ccc1Br. The van der Waals surface area contributed by atoms with E-state index in [1.54, 1.807) is 0 Å². The van der Waals surface area contributed by atoms with Crippen molar-refractivity contribution in [3.05, 3.63) is 27.1 Å². The molecule has 0 radical (unpaired) electrons. The third-order valence-corrected chi connectivity index (χ3v) is 2.90. The quantitative estimate of drug-likeness (QED) is 0.833. The third-order valence-electron chi connectivity index (χ3n) is 1.52. The van der Waals surface area contributed by atoms with Gasteiger partial charge in [0.25, 0.3) is 0 Å². The van der Waals surface area contributed by atoms with E-state index in [0.29, 0.717) is 12.3 Å². The van der Waals surface area contributed by atoms with Crippen molar-refractivity contribution in [2.24, 2.45) is 0 Å². The molecule has 0 aliphatic carbocycles. The van der Waals surface area contributed by atoms with Gasteiger partial charge in [0.05, 0.1) is 5.69 Å². The highest BCUT2D eigenvalue weighted by atomic mass is 79.9. The normalized spacial score (nSPS) is 9.93. The Morgan fingerprint density at radius 2 is 2.14 bits per heavy atom. The molecule has 0 spiro atoms. The van der Waals surface area contributed by atoms with Crippen LogP contribution in [-0.2, 0) is 4.79 Å². The summed E-state index contributed by atoms with van der Waals surface area (Å²) < 4.78 is 1.77. The minimum absolute atomic E-state index is 0.0844. The molecule has 0 aliphatic rings. The average Bonchev–Trinajstić information content (AvgIpc) is 2.12. The predicted molar refractivity (Wildman–Crippen MR) is 65.8 cm³/mol. The number of anilines is 1. The third kappa shape index (κ3) is 3.59. The Morgan fingerprint density at radius 3 is 2.79 bits per heavy atom. The molecule has 0 saturated heterocycles. The summed E-state index contributed by atoms with van der Waals surface area (Å²) in [6.45, 7) is 0. The van der Waals surface area contributed by atoms with Crippen LogP contribution < -0.4 is 5.32 Å². The smallest absolute Gasteiger partial charge is 0.225 e. The zero-order chi connectivity index (χ0) is 10.6. The average molecular weight is 341 g/mol. The number of halogens is 3. The number of carbonyl (C=O) groups is 1. The molecular formula is C9H8Br2ClNO. The van der Waals surface area contributed by atoms with Gasteiger partial charge in [-0.3, -0.25) is 4.79 Å². The summed E-state index contributed by atoms with van der Waals surface area (Å²) in [5.41, 5.74) is 0.745. The lowest BCUT2D eigenvalue weighted by atomic mass is 10.3. The van der Waals surface area contributed by atoms with Crippen molar-refractivity contribution < 1.29 is 4.79 Å². The molecule has 0 fully saturated rings. The second kappa shape index (κ2) is 5.73.